The number of methoxy groups -OCH3 is 1. The maximum absolute atomic E-state index is 12.8. The molecule has 0 unspecified atom stereocenters. The fraction of sp³-hybridized carbons (Fsp3) is 0.391. The molecule has 5 heteroatoms. The average Bonchev–Trinajstić information content (AvgIpc) is 2.66. The fourth-order valence-electron chi connectivity index (χ4n) is 2.97. The number of amides is 2. The molecule has 0 bridgehead atoms. The summed E-state index contributed by atoms with van der Waals surface area (Å²) < 4.78 is 10.8. The first-order chi connectivity index (χ1) is 13.2. The van der Waals surface area contributed by atoms with Crippen molar-refractivity contribution in [3.05, 3.63) is 65.7 Å². The Balaban J connectivity index is 2.24. The van der Waals surface area contributed by atoms with E-state index in [9.17, 15) is 9.59 Å². The number of hydrogen-bond donors (Lipinski definition) is 0. The number of ether oxygens (including phenoxy) is 2. The van der Waals surface area contributed by atoms with Gasteiger partial charge in [-0.25, -0.2) is 4.79 Å². The number of para-hydroxylation sites is 1. The molecule has 0 N–H and O–H groups in total. The lowest BCUT2D eigenvalue weighted by Crippen LogP contribution is -2.38. The molecule has 2 aromatic carbocycles. The second kappa shape index (κ2) is 9.40. The minimum Gasteiger partial charge on any atom is -0.496 e. The van der Waals surface area contributed by atoms with Gasteiger partial charge in [-0.3, -0.25) is 9.69 Å². The molecule has 0 heterocycles. The van der Waals surface area contributed by atoms with Crippen LogP contribution in [0.3, 0.4) is 0 Å². The predicted molar refractivity (Wildman–Crippen MR) is 110 cm³/mol. The molecular formula is C23H29NO4. The lowest BCUT2D eigenvalue weighted by Gasteiger charge is -2.25. The molecule has 28 heavy (non-hydrogen) atoms. The van der Waals surface area contributed by atoms with Crippen molar-refractivity contribution in [1.82, 2.24) is 4.90 Å². The normalized spacial score (nSPS) is 12.2. The van der Waals surface area contributed by atoms with Crippen LogP contribution in [0.2, 0.25) is 0 Å². The van der Waals surface area contributed by atoms with Crippen LogP contribution in [0.1, 0.15) is 44.2 Å². The molecule has 0 aliphatic carbocycles. The lowest BCUT2D eigenvalue weighted by atomic mass is 9.88. The van der Waals surface area contributed by atoms with E-state index in [1.165, 1.54) is 7.05 Å². The average molecular weight is 383 g/mol. The second-order valence-corrected chi connectivity index (χ2v) is 7.77. The van der Waals surface area contributed by atoms with Gasteiger partial charge >= 0.3 is 6.09 Å². The van der Waals surface area contributed by atoms with Gasteiger partial charge in [-0.2, -0.15) is 0 Å². The van der Waals surface area contributed by atoms with Crippen LogP contribution in [-0.2, 0) is 16.0 Å². The minimum atomic E-state index is -0.655. The predicted octanol–water partition coefficient (Wildman–Crippen LogP) is 4.81. The van der Waals surface area contributed by atoms with Gasteiger partial charge in [-0.1, -0.05) is 48.5 Å². The Morgan fingerprint density at radius 2 is 1.61 bits per heavy atom. The second-order valence-electron chi connectivity index (χ2n) is 7.77. The van der Waals surface area contributed by atoms with Crippen LogP contribution in [0.15, 0.2) is 54.6 Å². The topological polar surface area (TPSA) is 55.8 Å². The molecule has 0 saturated carbocycles. The van der Waals surface area contributed by atoms with E-state index in [4.69, 9.17) is 9.47 Å². The third-order valence-electron chi connectivity index (χ3n) is 4.37. The molecule has 0 fully saturated rings. The summed E-state index contributed by atoms with van der Waals surface area (Å²) in [5.41, 5.74) is 1.41. The number of carbonyl (C=O) groups excluding carboxylic acids is 2. The van der Waals surface area contributed by atoms with Gasteiger partial charge in [0.25, 0.3) is 0 Å². The van der Waals surface area contributed by atoms with Crippen molar-refractivity contribution in [2.75, 3.05) is 14.2 Å². The zero-order chi connectivity index (χ0) is 20.7. The molecular weight excluding hydrogens is 354 g/mol. The van der Waals surface area contributed by atoms with Crippen molar-refractivity contribution in [1.29, 1.82) is 0 Å². The van der Waals surface area contributed by atoms with Gasteiger partial charge in [0.1, 0.15) is 11.4 Å². The van der Waals surface area contributed by atoms with Gasteiger partial charge in [0.15, 0.2) is 0 Å². The number of benzene rings is 2. The summed E-state index contributed by atoms with van der Waals surface area (Å²) in [5, 5.41) is 0. The van der Waals surface area contributed by atoms with E-state index in [1.54, 1.807) is 27.9 Å². The maximum atomic E-state index is 12.8. The zero-order valence-corrected chi connectivity index (χ0v) is 17.3. The zero-order valence-electron chi connectivity index (χ0n) is 17.3. The van der Waals surface area contributed by atoms with Crippen LogP contribution in [0.25, 0.3) is 0 Å². The molecule has 0 saturated heterocycles. The van der Waals surface area contributed by atoms with E-state index < -0.39 is 11.7 Å². The van der Waals surface area contributed by atoms with E-state index in [0.717, 1.165) is 21.8 Å². The summed E-state index contributed by atoms with van der Waals surface area (Å²) in [6.07, 6.45) is 0.191. The number of nitrogens with zero attached hydrogens (tertiary/aromatic N) is 1. The van der Waals surface area contributed by atoms with E-state index >= 15 is 0 Å². The third kappa shape index (κ3) is 6.12. The number of rotatable bonds is 6. The summed E-state index contributed by atoms with van der Waals surface area (Å²) in [6, 6.07) is 17.7. The standard InChI is InChI=1S/C23H29NO4/c1-23(2,3)28-22(26)24(4)21(25)16-18(15-17-11-7-6-8-12-17)19-13-9-10-14-20(19)27-5/h6-14,18H,15-16H2,1-5H3/t18-/m1/s1. The van der Waals surface area contributed by atoms with Gasteiger partial charge in [-0.15, -0.1) is 0 Å². The third-order valence-corrected chi connectivity index (χ3v) is 4.37. The Bertz CT molecular complexity index is 796. The Hall–Kier alpha value is -2.82. The highest BCUT2D eigenvalue weighted by atomic mass is 16.6. The van der Waals surface area contributed by atoms with Crippen molar-refractivity contribution >= 4 is 12.0 Å². The van der Waals surface area contributed by atoms with Crippen molar-refractivity contribution < 1.29 is 19.1 Å². The molecule has 0 aliphatic heterocycles. The Labute approximate surface area is 167 Å². The van der Waals surface area contributed by atoms with Crippen LogP contribution in [0.4, 0.5) is 4.79 Å². The SMILES string of the molecule is COc1ccccc1[C@@H](CC(=O)N(C)C(=O)OC(C)(C)C)Cc1ccccc1. The number of carbonyl (C=O) groups is 2. The quantitative estimate of drug-likeness (QED) is 0.719. The molecule has 0 radical (unpaired) electrons. The summed E-state index contributed by atoms with van der Waals surface area (Å²) in [7, 11) is 3.07. The first-order valence-electron chi connectivity index (χ1n) is 9.37. The largest absolute Gasteiger partial charge is 0.496 e. The summed E-state index contributed by atoms with van der Waals surface area (Å²) in [5.74, 6) is 0.313. The van der Waals surface area contributed by atoms with Crippen LogP contribution in [0, 0.1) is 0 Å². The van der Waals surface area contributed by atoms with E-state index in [1.807, 2.05) is 54.6 Å². The van der Waals surface area contributed by atoms with E-state index in [2.05, 4.69) is 0 Å². The van der Waals surface area contributed by atoms with Crippen molar-refractivity contribution in [3.8, 4) is 5.75 Å². The Kier molecular flexibility index (Phi) is 7.21. The van der Waals surface area contributed by atoms with Crippen LogP contribution in [0.5, 0.6) is 5.75 Å². The number of hydrogen-bond acceptors (Lipinski definition) is 4. The van der Waals surface area contributed by atoms with Crippen molar-refractivity contribution in [2.45, 2.75) is 45.1 Å². The molecule has 150 valence electrons. The molecule has 5 nitrogen and oxygen atoms in total. The van der Waals surface area contributed by atoms with E-state index in [0.29, 0.717) is 6.42 Å². The Morgan fingerprint density at radius 3 is 2.21 bits per heavy atom. The highest BCUT2D eigenvalue weighted by Crippen LogP contribution is 2.32. The first kappa shape index (κ1) is 21.5. The van der Waals surface area contributed by atoms with Gasteiger partial charge in [0, 0.05) is 19.4 Å². The smallest absolute Gasteiger partial charge is 0.416 e. The monoisotopic (exact) mass is 383 g/mol. The lowest BCUT2D eigenvalue weighted by molar-refractivity contribution is -0.129. The van der Waals surface area contributed by atoms with Gasteiger partial charge < -0.3 is 9.47 Å². The van der Waals surface area contributed by atoms with E-state index in [-0.39, 0.29) is 18.2 Å². The van der Waals surface area contributed by atoms with Crippen LogP contribution >= 0.6 is 0 Å². The maximum Gasteiger partial charge on any atom is 0.416 e. The van der Waals surface area contributed by atoms with Crippen LogP contribution in [-0.4, -0.2) is 36.7 Å². The summed E-state index contributed by atoms with van der Waals surface area (Å²) >= 11 is 0. The number of imide groups is 1. The van der Waals surface area contributed by atoms with Gasteiger partial charge in [0.05, 0.1) is 7.11 Å². The highest BCUT2D eigenvalue weighted by molar-refractivity contribution is 5.92. The van der Waals surface area contributed by atoms with Gasteiger partial charge in [0.2, 0.25) is 5.91 Å². The first-order valence-corrected chi connectivity index (χ1v) is 9.37. The van der Waals surface area contributed by atoms with Crippen molar-refractivity contribution in [2.24, 2.45) is 0 Å². The molecule has 1 atom stereocenters. The molecule has 0 aromatic heterocycles. The summed E-state index contributed by atoms with van der Waals surface area (Å²) in [6.45, 7) is 5.32. The highest BCUT2D eigenvalue weighted by Gasteiger charge is 2.27. The van der Waals surface area contributed by atoms with Crippen molar-refractivity contribution in [3.63, 3.8) is 0 Å². The fourth-order valence-corrected chi connectivity index (χ4v) is 2.97. The molecule has 2 amide bonds. The molecule has 2 rings (SSSR count). The molecule has 2 aromatic rings. The van der Waals surface area contributed by atoms with Crippen LogP contribution < -0.4 is 4.74 Å². The van der Waals surface area contributed by atoms with Gasteiger partial charge in [-0.05, 0) is 44.4 Å². The summed E-state index contributed by atoms with van der Waals surface area (Å²) in [4.78, 5) is 26.1. The molecule has 0 spiro atoms. The molecule has 0 aliphatic rings. The Morgan fingerprint density at radius 1 is 1.00 bits per heavy atom. The minimum absolute atomic E-state index is 0.129.